The highest BCUT2D eigenvalue weighted by molar-refractivity contribution is 7.22. The summed E-state index contributed by atoms with van der Waals surface area (Å²) in [7, 11) is 0. The fourth-order valence-electron chi connectivity index (χ4n) is 2.37. The summed E-state index contributed by atoms with van der Waals surface area (Å²) in [5, 5.41) is 3.34. The third kappa shape index (κ3) is 2.50. The predicted octanol–water partition coefficient (Wildman–Crippen LogP) is 4.45. The molecule has 0 unspecified atom stereocenters. The number of amides is 1. The summed E-state index contributed by atoms with van der Waals surface area (Å²) in [6.07, 6.45) is 0. The number of rotatable bonds is 2. The van der Waals surface area contributed by atoms with Gasteiger partial charge in [0.1, 0.15) is 11.5 Å². The van der Waals surface area contributed by atoms with Gasteiger partial charge in [-0.05, 0) is 30.3 Å². The Balaban J connectivity index is 1.65. The molecule has 24 heavy (non-hydrogen) atoms. The van der Waals surface area contributed by atoms with Crippen LogP contribution >= 0.6 is 11.3 Å². The number of benzene rings is 2. The molecule has 0 fully saturated rings. The van der Waals surface area contributed by atoms with Crippen LogP contribution in [0, 0.1) is 17.5 Å². The number of H-pyrrole nitrogens is 1. The summed E-state index contributed by atoms with van der Waals surface area (Å²) in [5.74, 6) is -2.85. The van der Waals surface area contributed by atoms with Crippen LogP contribution in [0.3, 0.4) is 0 Å². The van der Waals surface area contributed by atoms with Crippen LogP contribution in [0.5, 0.6) is 0 Å². The topological polar surface area (TPSA) is 57.8 Å². The first-order chi connectivity index (χ1) is 11.5. The van der Waals surface area contributed by atoms with Crippen molar-refractivity contribution in [1.82, 2.24) is 9.97 Å². The Bertz CT molecular complexity index is 1060. The van der Waals surface area contributed by atoms with Crippen molar-refractivity contribution >= 4 is 43.5 Å². The van der Waals surface area contributed by atoms with Crippen LogP contribution in [0.25, 0.3) is 21.1 Å². The van der Waals surface area contributed by atoms with Gasteiger partial charge in [0.15, 0.2) is 16.8 Å². The Morgan fingerprint density at radius 2 is 1.88 bits per heavy atom. The lowest BCUT2D eigenvalue weighted by atomic mass is 10.2. The minimum Gasteiger partial charge on any atom is -0.351 e. The first-order valence-corrected chi connectivity index (χ1v) is 7.66. The molecule has 8 heteroatoms. The predicted molar refractivity (Wildman–Crippen MR) is 85.7 cm³/mol. The zero-order valence-electron chi connectivity index (χ0n) is 11.9. The molecule has 120 valence electrons. The van der Waals surface area contributed by atoms with Gasteiger partial charge in [0, 0.05) is 17.0 Å². The summed E-state index contributed by atoms with van der Waals surface area (Å²) in [4.78, 5) is 19.2. The lowest BCUT2D eigenvalue weighted by Gasteiger charge is -1.97. The summed E-state index contributed by atoms with van der Waals surface area (Å²) in [6.45, 7) is 0. The third-order valence-electron chi connectivity index (χ3n) is 3.48. The zero-order valence-corrected chi connectivity index (χ0v) is 12.7. The first-order valence-electron chi connectivity index (χ1n) is 6.85. The summed E-state index contributed by atoms with van der Waals surface area (Å²) in [6, 6.07) is 7.65. The second-order valence-electron chi connectivity index (χ2n) is 5.12. The molecule has 0 radical (unpaired) electrons. The molecule has 1 amide bonds. The van der Waals surface area contributed by atoms with E-state index in [1.807, 2.05) is 0 Å². The molecule has 4 rings (SSSR count). The number of anilines is 1. The number of thiazole rings is 1. The molecule has 0 aliphatic rings. The lowest BCUT2D eigenvalue weighted by molar-refractivity contribution is 0.102. The minimum atomic E-state index is -0.997. The average molecular weight is 347 g/mol. The van der Waals surface area contributed by atoms with Crippen molar-refractivity contribution in [3.63, 3.8) is 0 Å². The molecular formula is C16H8F3N3OS. The lowest BCUT2D eigenvalue weighted by Crippen LogP contribution is -2.11. The van der Waals surface area contributed by atoms with E-state index in [2.05, 4.69) is 15.3 Å². The highest BCUT2D eigenvalue weighted by Crippen LogP contribution is 2.28. The number of aromatic nitrogens is 2. The quantitative estimate of drug-likeness (QED) is 0.563. The van der Waals surface area contributed by atoms with Crippen molar-refractivity contribution in [1.29, 1.82) is 0 Å². The van der Waals surface area contributed by atoms with Gasteiger partial charge < -0.3 is 4.98 Å². The number of fused-ring (bicyclic) bond motifs is 2. The van der Waals surface area contributed by atoms with Gasteiger partial charge in [-0.3, -0.25) is 10.1 Å². The highest BCUT2D eigenvalue weighted by Gasteiger charge is 2.14. The van der Waals surface area contributed by atoms with Crippen LogP contribution in [0.15, 0.2) is 36.4 Å². The number of carbonyl (C=O) groups excluding carboxylic acids is 1. The van der Waals surface area contributed by atoms with Gasteiger partial charge >= 0.3 is 0 Å². The van der Waals surface area contributed by atoms with E-state index in [0.29, 0.717) is 15.6 Å². The van der Waals surface area contributed by atoms with Gasteiger partial charge in [0.2, 0.25) is 0 Å². The molecule has 0 spiro atoms. The number of nitrogens with one attached hydrogen (secondary N) is 2. The third-order valence-corrected chi connectivity index (χ3v) is 4.41. The summed E-state index contributed by atoms with van der Waals surface area (Å²) in [5.41, 5.74) is 1.11. The first kappa shape index (κ1) is 14.7. The van der Waals surface area contributed by atoms with Gasteiger partial charge in [-0.15, -0.1) is 0 Å². The molecule has 2 aromatic carbocycles. The van der Waals surface area contributed by atoms with E-state index in [1.165, 1.54) is 24.3 Å². The number of carbonyl (C=O) groups is 1. The average Bonchev–Trinajstić information content (AvgIpc) is 3.10. The van der Waals surface area contributed by atoms with Gasteiger partial charge in [-0.25, -0.2) is 18.2 Å². The molecule has 0 bridgehead atoms. The van der Waals surface area contributed by atoms with Crippen LogP contribution in [0.4, 0.5) is 18.3 Å². The van der Waals surface area contributed by atoms with Gasteiger partial charge in [-0.1, -0.05) is 11.3 Å². The molecule has 4 nitrogen and oxygen atoms in total. The normalized spacial score (nSPS) is 11.3. The Hall–Kier alpha value is -2.87. The Morgan fingerprint density at radius 3 is 2.71 bits per heavy atom. The molecule has 0 saturated carbocycles. The maximum Gasteiger partial charge on any atom is 0.273 e. The van der Waals surface area contributed by atoms with Crippen LogP contribution in [0.2, 0.25) is 0 Å². The Kier molecular flexibility index (Phi) is 3.27. The maximum atomic E-state index is 13.2. The summed E-state index contributed by atoms with van der Waals surface area (Å²) < 4.78 is 40.0. The second-order valence-corrected chi connectivity index (χ2v) is 6.15. The number of hydrogen-bond donors (Lipinski definition) is 2. The fourth-order valence-corrected chi connectivity index (χ4v) is 3.23. The molecule has 0 saturated heterocycles. The van der Waals surface area contributed by atoms with Crippen LogP contribution in [0.1, 0.15) is 10.5 Å². The monoisotopic (exact) mass is 347 g/mol. The Morgan fingerprint density at radius 1 is 1.08 bits per heavy atom. The summed E-state index contributed by atoms with van der Waals surface area (Å²) >= 11 is 1.03. The van der Waals surface area contributed by atoms with Crippen molar-refractivity contribution in [2.24, 2.45) is 0 Å². The fraction of sp³-hybridized carbons (Fsp3) is 0. The van der Waals surface area contributed by atoms with E-state index < -0.39 is 23.4 Å². The molecule has 0 aliphatic carbocycles. The van der Waals surface area contributed by atoms with Gasteiger partial charge in [0.05, 0.1) is 10.2 Å². The number of hydrogen-bond acceptors (Lipinski definition) is 3. The largest absolute Gasteiger partial charge is 0.351 e. The molecule has 4 aromatic rings. The van der Waals surface area contributed by atoms with Crippen molar-refractivity contribution in [3.05, 3.63) is 59.5 Å². The minimum absolute atomic E-state index is 0.213. The molecule has 2 heterocycles. The van der Waals surface area contributed by atoms with E-state index in [-0.39, 0.29) is 16.3 Å². The van der Waals surface area contributed by atoms with Gasteiger partial charge in [0.25, 0.3) is 5.91 Å². The SMILES string of the molecule is O=C(Nc1nc2cc(F)c(F)cc2s1)c1cc2cc(F)ccc2[nH]1. The zero-order chi connectivity index (χ0) is 16.8. The molecule has 0 aliphatic heterocycles. The van der Waals surface area contributed by atoms with E-state index in [4.69, 9.17) is 0 Å². The Labute approximate surface area is 136 Å². The molecule has 2 N–H and O–H groups in total. The van der Waals surface area contributed by atoms with Crippen molar-refractivity contribution in [2.75, 3.05) is 5.32 Å². The standard InChI is InChI=1S/C16H8F3N3OS/c17-8-1-2-11-7(3-8)4-13(20-11)15(23)22-16-21-12-5-9(18)10(19)6-14(12)24-16/h1-6,20H,(H,21,22,23). The maximum absolute atomic E-state index is 13.2. The molecular weight excluding hydrogens is 339 g/mol. The second kappa shape index (κ2) is 5.34. The van der Waals surface area contributed by atoms with Crippen LogP contribution < -0.4 is 5.32 Å². The van der Waals surface area contributed by atoms with Crippen molar-refractivity contribution in [2.45, 2.75) is 0 Å². The van der Waals surface area contributed by atoms with E-state index in [1.54, 1.807) is 0 Å². The number of nitrogens with zero attached hydrogens (tertiary/aromatic N) is 1. The number of aromatic amines is 1. The molecule has 2 aromatic heterocycles. The highest BCUT2D eigenvalue weighted by atomic mass is 32.1. The van der Waals surface area contributed by atoms with E-state index >= 15 is 0 Å². The van der Waals surface area contributed by atoms with Crippen LogP contribution in [-0.4, -0.2) is 15.9 Å². The van der Waals surface area contributed by atoms with Gasteiger partial charge in [-0.2, -0.15) is 0 Å². The number of halogens is 3. The van der Waals surface area contributed by atoms with Crippen molar-refractivity contribution < 1.29 is 18.0 Å². The smallest absolute Gasteiger partial charge is 0.273 e. The van der Waals surface area contributed by atoms with E-state index in [0.717, 1.165) is 23.5 Å². The van der Waals surface area contributed by atoms with Crippen LogP contribution in [-0.2, 0) is 0 Å². The molecule has 0 atom stereocenters. The van der Waals surface area contributed by atoms with E-state index in [9.17, 15) is 18.0 Å². The van der Waals surface area contributed by atoms with Crippen molar-refractivity contribution in [3.8, 4) is 0 Å².